The first-order valence-corrected chi connectivity index (χ1v) is 30.4. The summed E-state index contributed by atoms with van der Waals surface area (Å²) < 4.78 is 4.48. The number of benzene rings is 8. The predicted octanol–water partition coefficient (Wildman–Crippen LogP) is 19.5. The van der Waals surface area contributed by atoms with Gasteiger partial charge in [-0.2, -0.15) is 0 Å². The van der Waals surface area contributed by atoms with Gasteiger partial charge in [-0.15, -0.1) is 0 Å². The lowest BCUT2D eigenvalue weighted by molar-refractivity contribution is 1.01. The first kappa shape index (κ1) is 68.1. The van der Waals surface area contributed by atoms with Crippen molar-refractivity contribution in [3.05, 3.63) is 356 Å². The number of fused-ring (bicyclic) bond motifs is 9. The number of pyridine rings is 3. The molecule has 0 unspecified atom stereocenters. The van der Waals surface area contributed by atoms with E-state index in [9.17, 15) is 0 Å². The summed E-state index contributed by atoms with van der Waals surface area (Å²) >= 11 is 0. The van der Waals surface area contributed by atoms with Crippen molar-refractivity contribution in [1.29, 1.82) is 0 Å². The standard InChI is InChI=1S/C15H12.2C13H11N.C7H8.3C6H7N.3C5H6N2/c1-11-10-12-6-2-3-8-14(12)15-9-5-4-7-13(11)15;2*1-14-12-8-4-2-6-10(12)11-7-3-5-9-13(11)14;1-7-5-3-2-4-6-7;1-6-2-4-7-5-3-6;1-6-3-2-4-7-5-6;1-6-4-2-3-5-7-6;1-5-2-6-4-7-3-5;1-5-2-3-6-4-7-5;1-5-6-3-2-4-7-5/h2-10H,1H3;2*2-9H,1H3;2-6H,1H3;3*2-5H,1H3;3*2-4H,1H3. The highest BCUT2D eigenvalue weighted by atomic mass is 14.9. The maximum Gasteiger partial charge on any atom is 0.125 e. The van der Waals surface area contributed by atoms with E-state index in [1.165, 1.54) is 100 Å². The van der Waals surface area contributed by atoms with Gasteiger partial charge in [-0.3, -0.25) is 15.0 Å². The Morgan fingerprint density at radius 3 is 1.02 bits per heavy atom. The lowest BCUT2D eigenvalue weighted by Gasteiger charge is -2.06. The molecule has 0 aliphatic heterocycles. The first-order valence-electron chi connectivity index (χ1n) is 30.4. The van der Waals surface area contributed by atoms with Crippen LogP contribution in [0.25, 0.3) is 65.2 Å². The molecule has 0 atom stereocenters. The molecule has 0 aliphatic rings. The summed E-state index contributed by atoms with van der Waals surface area (Å²) in [4.78, 5) is 34.6. The van der Waals surface area contributed by atoms with Crippen molar-refractivity contribution in [1.82, 2.24) is 54.0 Å². The van der Waals surface area contributed by atoms with E-state index in [-0.39, 0.29) is 0 Å². The molecule has 8 aromatic carbocycles. The van der Waals surface area contributed by atoms with Gasteiger partial charge in [-0.05, 0) is 166 Å². The lowest BCUT2D eigenvalue weighted by atomic mass is 9.98. The Morgan fingerprint density at radius 2 is 0.674 bits per heavy atom. The van der Waals surface area contributed by atoms with Gasteiger partial charge < -0.3 is 9.13 Å². The van der Waals surface area contributed by atoms with Crippen LogP contribution in [-0.2, 0) is 14.1 Å². The number of aryl methyl sites for hydroxylation is 10. The molecular weight excluding hydrogens is 1130 g/mol. The molecular formula is C81H81N11. The van der Waals surface area contributed by atoms with Gasteiger partial charge in [0.15, 0.2) is 0 Å². The zero-order valence-electron chi connectivity index (χ0n) is 54.4. The van der Waals surface area contributed by atoms with E-state index in [2.05, 4.69) is 246 Å². The van der Waals surface area contributed by atoms with Crippen molar-refractivity contribution < 1.29 is 0 Å². The second kappa shape index (κ2) is 37.4. The molecule has 16 rings (SSSR count). The summed E-state index contributed by atoms with van der Waals surface area (Å²) in [6.45, 7) is 16.0. The summed E-state index contributed by atoms with van der Waals surface area (Å²) in [5.41, 5.74) is 13.5. The van der Waals surface area contributed by atoms with E-state index in [4.69, 9.17) is 0 Å². The molecule has 0 amide bonds. The van der Waals surface area contributed by atoms with Crippen molar-refractivity contribution in [3.8, 4) is 0 Å². The quantitative estimate of drug-likeness (QED) is 0.136. The molecule has 0 aliphatic carbocycles. The molecule has 0 saturated carbocycles. The fraction of sp³-hybridized carbons (Fsp3) is 0.123. The van der Waals surface area contributed by atoms with Crippen LogP contribution >= 0.6 is 0 Å². The second-order valence-corrected chi connectivity index (χ2v) is 21.4. The normalized spacial score (nSPS) is 9.85. The van der Waals surface area contributed by atoms with E-state index in [0.29, 0.717) is 0 Å². The Balaban J connectivity index is 0.000000148. The molecule has 11 heteroatoms. The van der Waals surface area contributed by atoms with Crippen molar-refractivity contribution in [2.24, 2.45) is 14.1 Å². The van der Waals surface area contributed by atoms with Crippen LogP contribution in [0, 0.1) is 55.4 Å². The van der Waals surface area contributed by atoms with Gasteiger partial charge in [0.1, 0.15) is 18.5 Å². The molecule has 0 N–H and O–H groups in total. The van der Waals surface area contributed by atoms with Crippen LogP contribution < -0.4 is 0 Å². The van der Waals surface area contributed by atoms with Gasteiger partial charge in [0.05, 0.1) is 0 Å². The fourth-order valence-electron chi connectivity index (χ4n) is 9.44. The zero-order chi connectivity index (χ0) is 65.1. The largest absolute Gasteiger partial charge is 0.344 e. The smallest absolute Gasteiger partial charge is 0.125 e. The minimum atomic E-state index is 0.822. The first-order chi connectivity index (χ1) is 44.9. The number of nitrogens with zero attached hydrogens (tertiary/aromatic N) is 11. The van der Waals surface area contributed by atoms with Crippen LogP contribution in [0.2, 0.25) is 0 Å². The number of hydrogen-bond donors (Lipinski definition) is 0. The van der Waals surface area contributed by atoms with Crippen LogP contribution in [0.1, 0.15) is 45.0 Å². The fourth-order valence-corrected chi connectivity index (χ4v) is 9.44. The number of rotatable bonds is 0. The van der Waals surface area contributed by atoms with Gasteiger partial charge in [0.2, 0.25) is 0 Å². The highest BCUT2D eigenvalue weighted by Crippen LogP contribution is 2.30. The Hall–Kier alpha value is -11.4. The van der Waals surface area contributed by atoms with Gasteiger partial charge in [0.25, 0.3) is 0 Å². The summed E-state index contributed by atoms with van der Waals surface area (Å²) in [7, 11) is 4.23. The molecule has 0 bridgehead atoms. The number of hydrogen-bond acceptors (Lipinski definition) is 9. The molecule has 8 aromatic heterocycles. The Morgan fingerprint density at radius 1 is 0.250 bits per heavy atom. The zero-order valence-corrected chi connectivity index (χ0v) is 54.4. The summed E-state index contributed by atoms with van der Waals surface area (Å²) in [6, 6.07) is 81.2. The third-order valence-electron chi connectivity index (χ3n) is 14.1. The monoisotopic (exact) mass is 1210 g/mol. The Bertz CT molecular complexity index is 4080. The van der Waals surface area contributed by atoms with E-state index < -0.39 is 0 Å². The van der Waals surface area contributed by atoms with Crippen LogP contribution in [0.3, 0.4) is 0 Å². The van der Waals surface area contributed by atoms with E-state index in [1.807, 2.05) is 114 Å². The maximum atomic E-state index is 3.98. The SMILES string of the molecule is Cc1cc2ccccc2c2ccccc12.Cc1ccccc1.Cc1ccccn1.Cc1cccnc1.Cc1ccncc1.Cc1ccncn1.Cc1cncnc1.Cc1ncccn1.Cn1c2ccccc2c2ccccc21.Cn1c2ccccc2c2ccccc21. The van der Waals surface area contributed by atoms with Gasteiger partial charge in [-0.25, -0.2) is 29.9 Å². The Kier molecular flexibility index (Phi) is 27.7. The molecule has 16 aromatic rings. The maximum absolute atomic E-state index is 3.98. The molecule has 11 nitrogen and oxygen atoms in total. The minimum Gasteiger partial charge on any atom is -0.344 e. The predicted molar refractivity (Wildman–Crippen MR) is 385 cm³/mol. The molecule has 0 fully saturated rings. The van der Waals surface area contributed by atoms with E-state index >= 15 is 0 Å². The molecule has 0 radical (unpaired) electrons. The Labute approximate surface area is 542 Å². The number of para-hydroxylation sites is 4. The van der Waals surface area contributed by atoms with Crippen LogP contribution in [0.15, 0.2) is 311 Å². The second-order valence-electron chi connectivity index (χ2n) is 21.4. The highest BCUT2D eigenvalue weighted by Gasteiger charge is 2.07. The third-order valence-corrected chi connectivity index (χ3v) is 14.1. The number of aromatic nitrogens is 11. The molecule has 92 heavy (non-hydrogen) atoms. The van der Waals surface area contributed by atoms with Gasteiger partial charge >= 0.3 is 0 Å². The summed E-state index contributed by atoms with van der Waals surface area (Å²) in [5.74, 6) is 0.822. The van der Waals surface area contributed by atoms with E-state index in [0.717, 1.165) is 22.8 Å². The molecule has 460 valence electrons. The third kappa shape index (κ3) is 22.0. The van der Waals surface area contributed by atoms with Crippen LogP contribution in [0.5, 0.6) is 0 Å². The topological polar surface area (TPSA) is 126 Å². The van der Waals surface area contributed by atoms with Gasteiger partial charge in [0, 0.05) is 131 Å². The molecule has 0 saturated heterocycles. The van der Waals surface area contributed by atoms with Crippen LogP contribution in [-0.4, -0.2) is 54.0 Å². The summed E-state index contributed by atoms with van der Waals surface area (Å²) in [6.07, 6.45) is 20.7. The van der Waals surface area contributed by atoms with Crippen molar-refractivity contribution in [2.45, 2.75) is 55.4 Å². The average Bonchev–Trinajstić information content (AvgIpc) is 1.52. The van der Waals surface area contributed by atoms with Crippen molar-refractivity contribution in [2.75, 3.05) is 0 Å². The lowest BCUT2D eigenvalue weighted by Crippen LogP contribution is -1.84. The van der Waals surface area contributed by atoms with E-state index in [1.54, 1.807) is 61.8 Å². The minimum absolute atomic E-state index is 0.822. The molecule has 0 spiro atoms. The average molecular weight is 1210 g/mol. The van der Waals surface area contributed by atoms with Crippen molar-refractivity contribution in [3.63, 3.8) is 0 Å². The van der Waals surface area contributed by atoms with Gasteiger partial charge in [-0.1, -0.05) is 175 Å². The van der Waals surface area contributed by atoms with Crippen LogP contribution in [0.4, 0.5) is 0 Å². The summed E-state index contributed by atoms with van der Waals surface area (Å²) in [5, 5.41) is 10.7. The van der Waals surface area contributed by atoms with Crippen molar-refractivity contribution >= 4 is 65.2 Å². The molecule has 8 heterocycles. The highest BCUT2D eigenvalue weighted by molar-refractivity contribution is 6.10.